The first-order chi connectivity index (χ1) is 14.6. The lowest BCUT2D eigenvalue weighted by Gasteiger charge is -2.37. The van der Waals surface area contributed by atoms with Crippen LogP contribution in [-0.2, 0) is 6.54 Å². The molecule has 1 saturated heterocycles. The third kappa shape index (κ3) is 4.79. The lowest BCUT2D eigenvalue weighted by atomic mass is 10.2. The van der Waals surface area contributed by atoms with Gasteiger partial charge in [-0.3, -0.25) is 0 Å². The van der Waals surface area contributed by atoms with Gasteiger partial charge in [0.2, 0.25) is 0 Å². The molecule has 4 rings (SSSR count). The van der Waals surface area contributed by atoms with Crippen LogP contribution >= 0.6 is 12.2 Å². The molecule has 0 spiro atoms. The molecule has 1 aliphatic rings. The molecule has 0 unspecified atom stereocenters. The summed E-state index contributed by atoms with van der Waals surface area (Å²) in [6.45, 7) is 8.24. The maximum Gasteiger partial charge on any atom is 0.169 e. The number of nitrogens with zero attached hydrogens (tertiary/aromatic N) is 4. The van der Waals surface area contributed by atoms with Gasteiger partial charge in [-0.05, 0) is 43.8 Å². The molecule has 30 heavy (non-hydrogen) atoms. The van der Waals surface area contributed by atoms with Gasteiger partial charge in [0.05, 0.1) is 11.6 Å². The van der Waals surface area contributed by atoms with E-state index in [0.717, 1.165) is 60.3 Å². The Bertz CT molecular complexity index is 1000. The Labute approximate surface area is 182 Å². The van der Waals surface area contributed by atoms with Crippen LogP contribution in [0.2, 0.25) is 0 Å². The topological polar surface area (TPSA) is 53.5 Å². The van der Waals surface area contributed by atoms with E-state index in [1.807, 2.05) is 44.2 Å². The predicted octanol–water partition coefficient (Wildman–Crippen LogP) is 3.61. The van der Waals surface area contributed by atoms with Gasteiger partial charge in [0, 0.05) is 44.2 Å². The summed E-state index contributed by atoms with van der Waals surface area (Å²) in [6.07, 6.45) is 1.77. The molecule has 0 aliphatic carbocycles. The molecule has 1 aromatic heterocycles. The number of aromatic nitrogens is 2. The number of fused-ring (bicyclic) bond motifs is 1. The van der Waals surface area contributed by atoms with Crippen molar-refractivity contribution >= 4 is 34.1 Å². The summed E-state index contributed by atoms with van der Waals surface area (Å²) in [7, 11) is 0. The van der Waals surface area contributed by atoms with Crippen molar-refractivity contribution in [1.82, 2.24) is 20.2 Å². The van der Waals surface area contributed by atoms with E-state index in [1.165, 1.54) is 5.56 Å². The zero-order valence-electron chi connectivity index (χ0n) is 17.4. The molecule has 6 nitrogen and oxygen atoms in total. The van der Waals surface area contributed by atoms with Crippen molar-refractivity contribution in [3.05, 3.63) is 60.4 Å². The number of benzene rings is 2. The molecule has 1 aliphatic heterocycles. The number of hydrogen-bond donors (Lipinski definition) is 1. The summed E-state index contributed by atoms with van der Waals surface area (Å²) in [5.74, 6) is 1.81. The molecule has 0 bridgehead atoms. The molecular weight excluding hydrogens is 394 g/mol. The molecular formula is C23H27N5OS. The highest BCUT2D eigenvalue weighted by Crippen LogP contribution is 2.27. The maximum atomic E-state index is 5.80. The van der Waals surface area contributed by atoms with Crippen molar-refractivity contribution in [2.24, 2.45) is 0 Å². The minimum Gasteiger partial charge on any atom is -0.491 e. The Hall–Kier alpha value is -2.93. The van der Waals surface area contributed by atoms with E-state index in [2.05, 4.69) is 43.3 Å². The van der Waals surface area contributed by atoms with Crippen LogP contribution in [0.3, 0.4) is 0 Å². The van der Waals surface area contributed by atoms with Crippen molar-refractivity contribution in [3.8, 4) is 5.75 Å². The minimum absolute atomic E-state index is 0.135. The van der Waals surface area contributed by atoms with Crippen LogP contribution in [0.15, 0.2) is 54.9 Å². The van der Waals surface area contributed by atoms with E-state index in [0.29, 0.717) is 0 Å². The fourth-order valence-corrected chi connectivity index (χ4v) is 3.88. The average molecular weight is 422 g/mol. The van der Waals surface area contributed by atoms with Crippen molar-refractivity contribution < 1.29 is 4.74 Å². The first-order valence-electron chi connectivity index (χ1n) is 10.3. The van der Waals surface area contributed by atoms with Gasteiger partial charge in [-0.25, -0.2) is 9.97 Å². The Morgan fingerprint density at radius 3 is 2.57 bits per heavy atom. The smallest absolute Gasteiger partial charge is 0.169 e. The zero-order chi connectivity index (χ0) is 20.9. The molecule has 0 radical (unpaired) electrons. The average Bonchev–Trinajstić information content (AvgIpc) is 2.77. The molecule has 0 saturated carbocycles. The van der Waals surface area contributed by atoms with Crippen LogP contribution in [0.25, 0.3) is 10.9 Å². The number of anilines is 1. The fourth-order valence-electron chi connectivity index (χ4n) is 3.63. The second kappa shape index (κ2) is 9.26. The van der Waals surface area contributed by atoms with E-state index in [-0.39, 0.29) is 6.10 Å². The second-order valence-electron chi connectivity index (χ2n) is 7.66. The molecule has 156 valence electrons. The normalized spacial score (nSPS) is 14.2. The molecule has 1 N–H and O–H groups in total. The van der Waals surface area contributed by atoms with Crippen LogP contribution in [0.5, 0.6) is 5.75 Å². The van der Waals surface area contributed by atoms with Crippen LogP contribution in [0, 0.1) is 0 Å². The molecule has 2 aromatic carbocycles. The van der Waals surface area contributed by atoms with Gasteiger partial charge < -0.3 is 19.9 Å². The highest BCUT2D eigenvalue weighted by Gasteiger charge is 2.21. The third-order valence-corrected chi connectivity index (χ3v) is 5.51. The van der Waals surface area contributed by atoms with Crippen LogP contribution in [0.1, 0.15) is 19.4 Å². The summed E-state index contributed by atoms with van der Waals surface area (Å²) in [4.78, 5) is 13.6. The van der Waals surface area contributed by atoms with E-state index < -0.39 is 0 Å². The zero-order valence-corrected chi connectivity index (χ0v) is 18.2. The number of piperazine rings is 1. The molecule has 7 heteroatoms. The lowest BCUT2D eigenvalue weighted by Crippen LogP contribution is -2.51. The lowest BCUT2D eigenvalue weighted by molar-refractivity contribution is 0.242. The first-order valence-corrected chi connectivity index (χ1v) is 10.7. The number of rotatable bonds is 5. The maximum absolute atomic E-state index is 5.80. The van der Waals surface area contributed by atoms with Gasteiger partial charge >= 0.3 is 0 Å². The fraction of sp³-hybridized carbons (Fsp3) is 0.348. The number of ether oxygens (including phenoxy) is 1. The van der Waals surface area contributed by atoms with Crippen molar-refractivity contribution in [1.29, 1.82) is 0 Å². The van der Waals surface area contributed by atoms with E-state index in [1.54, 1.807) is 6.33 Å². The van der Waals surface area contributed by atoms with Crippen molar-refractivity contribution in [2.75, 3.05) is 31.1 Å². The minimum atomic E-state index is 0.135. The van der Waals surface area contributed by atoms with Crippen LogP contribution < -0.4 is 15.0 Å². The summed E-state index contributed by atoms with van der Waals surface area (Å²) in [5, 5.41) is 5.23. The van der Waals surface area contributed by atoms with E-state index in [4.69, 9.17) is 17.0 Å². The number of nitrogens with one attached hydrogen (secondary N) is 1. The Balaban J connectivity index is 1.39. The van der Waals surface area contributed by atoms with Crippen molar-refractivity contribution in [2.45, 2.75) is 26.5 Å². The SMILES string of the molecule is CC(C)Oc1ccc2c(N3CCN(C(=S)NCc4ccccc4)CC3)ncnc2c1. The van der Waals surface area contributed by atoms with Gasteiger partial charge in [0.1, 0.15) is 17.9 Å². The molecule has 1 fully saturated rings. The highest BCUT2D eigenvalue weighted by atomic mass is 32.1. The Kier molecular flexibility index (Phi) is 6.28. The van der Waals surface area contributed by atoms with Gasteiger partial charge in [0.25, 0.3) is 0 Å². The quantitative estimate of drug-likeness (QED) is 0.632. The number of thiocarbonyl (C=S) groups is 1. The first kappa shape index (κ1) is 20.3. The highest BCUT2D eigenvalue weighted by molar-refractivity contribution is 7.80. The summed E-state index contributed by atoms with van der Waals surface area (Å²) >= 11 is 5.61. The van der Waals surface area contributed by atoms with Crippen molar-refractivity contribution in [3.63, 3.8) is 0 Å². The van der Waals surface area contributed by atoms with Crippen LogP contribution in [-0.4, -0.2) is 52.3 Å². The van der Waals surface area contributed by atoms with Crippen LogP contribution in [0.4, 0.5) is 5.82 Å². The monoisotopic (exact) mass is 421 g/mol. The van der Waals surface area contributed by atoms with Gasteiger partial charge in [-0.2, -0.15) is 0 Å². The van der Waals surface area contributed by atoms with Gasteiger partial charge in [-0.1, -0.05) is 30.3 Å². The summed E-state index contributed by atoms with van der Waals surface area (Å²) < 4.78 is 5.80. The third-order valence-electron chi connectivity index (χ3n) is 5.11. The van der Waals surface area contributed by atoms with E-state index in [9.17, 15) is 0 Å². The molecule has 2 heterocycles. The summed E-state index contributed by atoms with van der Waals surface area (Å²) in [5.41, 5.74) is 2.13. The molecule has 3 aromatic rings. The van der Waals surface area contributed by atoms with Gasteiger partial charge in [-0.15, -0.1) is 0 Å². The van der Waals surface area contributed by atoms with Gasteiger partial charge in [0.15, 0.2) is 5.11 Å². The Morgan fingerprint density at radius 2 is 1.83 bits per heavy atom. The summed E-state index contributed by atoms with van der Waals surface area (Å²) in [6, 6.07) is 16.4. The second-order valence-corrected chi connectivity index (χ2v) is 8.05. The molecule has 0 atom stereocenters. The standard InChI is InChI=1S/C23H27N5OS/c1-17(2)29-19-8-9-20-21(14-19)25-16-26-22(20)27-10-12-28(13-11-27)23(30)24-15-18-6-4-3-5-7-18/h3-9,14,16-17H,10-13,15H2,1-2H3,(H,24,30). The predicted molar refractivity (Wildman–Crippen MR) is 125 cm³/mol. The Morgan fingerprint density at radius 1 is 1.07 bits per heavy atom. The largest absolute Gasteiger partial charge is 0.491 e. The molecule has 0 amide bonds. The van der Waals surface area contributed by atoms with E-state index >= 15 is 0 Å². The number of hydrogen-bond acceptors (Lipinski definition) is 5.